The van der Waals surface area contributed by atoms with Gasteiger partial charge in [0.05, 0.1) is 35.6 Å². The van der Waals surface area contributed by atoms with Gasteiger partial charge in [-0.2, -0.15) is 0 Å². The van der Waals surface area contributed by atoms with Gasteiger partial charge in [0.15, 0.2) is 0 Å². The fourth-order valence-electron chi connectivity index (χ4n) is 3.09. The molecular weight excluding hydrogens is 425 g/mol. The van der Waals surface area contributed by atoms with Gasteiger partial charge in [-0.15, -0.1) is 0 Å². The largest absolute Gasteiger partial charge is 0.469 e. The molecule has 1 aliphatic heterocycles. The third kappa shape index (κ3) is 5.21. The average Bonchev–Trinajstić information content (AvgIpc) is 2.81. The van der Waals surface area contributed by atoms with E-state index in [1.165, 1.54) is 30.2 Å². The molecule has 162 valence electrons. The Morgan fingerprint density at radius 3 is 2.58 bits per heavy atom. The van der Waals surface area contributed by atoms with Crippen LogP contribution in [0.25, 0.3) is 0 Å². The van der Waals surface area contributed by atoms with E-state index in [2.05, 4.69) is 15.4 Å². The number of esters is 1. The summed E-state index contributed by atoms with van der Waals surface area (Å²) in [6.45, 7) is 3.50. The highest BCUT2D eigenvalue weighted by molar-refractivity contribution is 6.33. The Kier molecular flexibility index (Phi) is 6.60. The highest BCUT2D eigenvalue weighted by atomic mass is 35.5. The molecule has 7 nitrogen and oxygen atoms in total. The molecule has 1 aliphatic rings. The molecule has 2 aromatic rings. The summed E-state index contributed by atoms with van der Waals surface area (Å²) in [4.78, 5) is 38.6. The number of carbonyl (C=O) groups is 3. The van der Waals surface area contributed by atoms with E-state index >= 15 is 0 Å². The number of amides is 2. The third-order valence-corrected chi connectivity index (χ3v) is 5.14. The lowest BCUT2D eigenvalue weighted by molar-refractivity contribution is -0.139. The Bertz CT molecular complexity index is 1100. The van der Waals surface area contributed by atoms with Crippen LogP contribution in [0.5, 0.6) is 0 Å². The second-order valence-electron chi connectivity index (χ2n) is 7.10. The molecule has 9 heteroatoms. The topological polar surface area (TPSA) is 87.7 Å². The highest BCUT2D eigenvalue weighted by Gasteiger charge is 2.26. The molecule has 2 N–H and O–H groups in total. The standard InChI is InChI=1S/C22H21ClFN3O4/c1-12-6-18-19(7-13(12)2)27(21(29)9-15(25-18)10-22(30)31-3)11-20(28)26-17-5-4-14(24)8-16(17)23/h4-9,25H,10-11H2,1-3H3,(H,26,28). The molecule has 3 rings (SSSR count). The van der Waals surface area contributed by atoms with Crippen LogP contribution >= 0.6 is 11.6 Å². The number of methoxy groups -OCH3 is 1. The maximum atomic E-state index is 13.2. The fraction of sp³-hybridized carbons (Fsp3) is 0.227. The summed E-state index contributed by atoms with van der Waals surface area (Å²) in [5.74, 6) is -2.03. The van der Waals surface area contributed by atoms with E-state index in [0.717, 1.165) is 17.2 Å². The molecule has 0 fully saturated rings. The zero-order valence-corrected chi connectivity index (χ0v) is 18.0. The number of carbonyl (C=O) groups excluding carboxylic acids is 3. The molecule has 0 saturated heterocycles. The zero-order valence-electron chi connectivity index (χ0n) is 17.2. The Labute approximate surface area is 183 Å². The first kappa shape index (κ1) is 22.3. The highest BCUT2D eigenvalue weighted by Crippen LogP contribution is 2.33. The molecule has 0 aromatic heterocycles. The van der Waals surface area contributed by atoms with Gasteiger partial charge in [-0.3, -0.25) is 19.3 Å². The molecule has 2 amide bonds. The molecule has 1 heterocycles. The van der Waals surface area contributed by atoms with Gasteiger partial charge in [0.2, 0.25) is 5.91 Å². The zero-order chi connectivity index (χ0) is 22.7. The van der Waals surface area contributed by atoms with Crippen molar-refractivity contribution in [1.82, 2.24) is 0 Å². The summed E-state index contributed by atoms with van der Waals surface area (Å²) in [6, 6.07) is 7.24. The van der Waals surface area contributed by atoms with Crippen LogP contribution < -0.4 is 15.5 Å². The number of anilines is 3. The SMILES string of the molecule is COC(=O)CC1=CC(=O)N(CC(=O)Nc2ccc(F)cc2Cl)c2cc(C)c(C)cc2N1. The molecule has 0 bridgehead atoms. The molecule has 0 aliphatic carbocycles. The van der Waals surface area contributed by atoms with Gasteiger partial charge in [-0.25, -0.2) is 4.39 Å². The van der Waals surface area contributed by atoms with E-state index in [-0.39, 0.29) is 23.7 Å². The minimum atomic E-state index is -0.528. The van der Waals surface area contributed by atoms with Crippen molar-refractivity contribution in [3.63, 3.8) is 0 Å². The van der Waals surface area contributed by atoms with Crippen molar-refractivity contribution in [3.05, 3.63) is 64.1 Å². The molecule has 0 radical (unpaired) electrons. The molecular formula is C22H21ClFN3O4. The molecule has 0 saturated carbocycles. The average molecular weight is 446 g/mol. The number of nitrogens with zero attached hydrogens (tertiary/aromatic N) is 1. The number of hydrogen-bond acceptors (Lipinski definition) is 5. The number of ether oxygens (including phenoxy) is 1. The fourth-order valence-corrected chi connectivity index (χ4v) is 3.30. The quantitative estimate of drug-likeness (QED) is 0.680. The summed E-state index contributed by atoms with van der Waals surface area (Å²) >= 11 is 5.97. The summed E-state index contributed by atoms with van der Waals surface area (Å²) in [5, 5.41) is 5.73. The molecule has 31 heavy (non-hydrogen) atoms. The molecule has 0 spiro atoms. The first-order valence-electron chi connectivity index (χ1n) is 9.40. The lowest BCUT2D eigenvalue weighted by atomic mass is 10.1. The second-order valence-corrected chi connectivity index (χ2v) is 7.51. The van der Waals surface area contributed by atoms with Crippen molar-refractivity contribution in [2.24, 2.45) is 0 Å². The Balaban J connectivity index is 1.92. The van der Waals surface area contributed by atoms with Crippen molar-refractivity contribution >= 4 is 46.4 Å². The normalized spacial score (nSPS) is 13.0. The molecule has 2 aromatic carbocycles. The van der Waals surface area contributed by atoms with E-state index in [9.17, 15) is 18.8 Å². The summed E-state index contributed by atoms with van der Waals surface area (Å²) in [6.07, 6.45) is 1.14. The first-order chi connectivity index (χ1) is 14.7. The number of halogens is 2. The van der Waals surface area contributed by atoms with Gasteiger partial charge in [0.25, 0.3) is 5.91 Å². The minimum absolute atomic E-state index is 0.0457. The maximum Gasteiger partial charge on any atom is 0.311 e. The van der Waals surface area contributed by atoms with Crippen LogP contribution in [0.15, 0.2) is 42.1 Å². The lowest BCUT2D eigenvalue weighted by Crippen LogP contribution is -2.37. The Morgan fingerprint density at radius 2 is 1.90 bits per heavy atom. The van der Waals surface area contributed by atoms with Gasteiger partial charge in [-0.05, 0) is 55.3 Å². The van der Waals surface area contributed by atoms with Crippen LogP contribution in [0.3, 0.4) is 0 Å². The van der Waals surface area contributed by atoms with Crippen LogP contribution in [0.1, 0.15) is 17.5 Å². The van der Waals surface area contributed by atoms with Crippen LogP contribution in [0.4, 0.5) is 21.5 Å². The number of fused-ring (bicyclic) bond motifs is 1. The first-order valence-corrected chi connectivity index (χ1v) is 9.77. The summed E-state index contributed by atoms with van der Waals surface area (Å²) in [5.41, 5.74) is 3.56. The number of nitrogens with one attached hydrogen (secondary N) is 2. The van der Waals surface area contributed by atoms with Crippen molar-refractivity contribution in [3.8, 4) is 0 Å². The molecule has 0 unspecified atom stereocenters. The Morgan fingerprint density at radius 1 is 1.19 bits per heavy atom. The summed E-state index contributed by atoms with van der Waals surface area (Å²) < 4.78 is 17.9. The number of hydrogen-bond donors (Lipinski definition) is 2. The van der Waals surface area contributed by atoms with Crippen LogP contribution in [-0.2, 0) is 19.1 Å². The van der Waals surface area contributed by atoms with Crippen molar-refractivity contribution in [1.29, 1.82) is 0 Å². The van der Waals surface area contributed by atoms with E-state index in [1.54, 1.807) is 6.07 Å². The second kappa shape index (κ2) is 9.18. The van der Waals surface area contributed by atoms with E-state index < -0.39 is 23.6 Å². The Hall–Kier alpha value is -3.39. The van der Waals surface area contributed by atoms with Gasteiger partial charge >= 0.3 is 5.97 Å². The van der Waals surface area contributed by atoms with E-state index in [0.29, 0.717) is 17.1 Å². The van der Waals surface area contributed by atoms with E-state index in [1.807, 2.05) is 19.9 Å². The van der Waals surface area contributed by atoms with Crippen LogP contribution in [-0.4, -0.2) is 31.4 Å². The van der Waals surface area contributed by atoms with Crippen LogP contribution in [0.2, 0.25) is 5.02 Å². The third-order valence-electron chi connectivity index (χ3n) is 4.83. The minimum Gasteiger partial charge on any atom is -0.469 e. The van der Waals surface area contributed by atoms with Crippen LogP contribution in [0, 0.1) is 19.7 Å². The van der Waals surface area contributed by atoms with Gasteiger partial charge < -0.3 is 15.4 Å². The lowest BCUT2D eigenvalue weighted by Gasteiger charge is -2.23. The van der Waals surface area contributed by atoms with Gasteiger partial charge in [0.1, 0.15) is 12.4 Å². The number of rotatable bonds is 5. The van der Waals surface area contributed by atoms with Crippen molar-refractivity contribution in [2.45, 2.75) is 20.3 Å². The maximum absolute atomic E-state index is 13.2. The van der Waals surface area contributed by atoms with Gasteiger partial charge in [-0.1, -0.05) is 11.6 Å². The van der Waals surface area contributed by atoms with E-state index in [4.69, 9.17) is 11.6 Å². The smallest absolute Gasteiger partial charge is 0.311 e. The molecule has 0 atom stereocenters. The number of benzene rings is 2. The van der Waals surface area contributed by atoms with Gasteiger partial charge in [0, 0.05) is 11.8 Å². The predicted octanol–water partition coefficient (Wildman–Crippen LogP) is 3.94. The van der Waals surface area contributed by atoms with Crippen molar-refractivity contribution < 1.29 is 23.5 Å². The monoisotopic (exact) mass is 445 g/mol. The predicted molar refractivity (Wildman–Crippen MR) is 117 cm³/mol. The summed E-state index contributed by atoms with van der Waals surface area (Å²) in [7, 11) is 1.26. The van der Waals surface area contributed by atoms with Crippen molar-refractivity contribution in [2.75, 3.05) is 29.2 Å². The number of aryl methyl sites for hydroxylation is 2.